The van der Waals surface area contributed by atoms with Crippen LogP contribution < -0.4 is 0 Å². The molecule has 2 aliphatic carbocycles. The van der Waals surface area contributed by atoms with Crippen LogP contribution in [0, 0.1) is 11.8 Å². The molecule has 1 N–H and O–H groups in total. The number of aliphatic carboxylic acids is 1. The highest BCUT2D eigenvalue weighted by atomic mass is 16.4. The number of rotatable bonds is 5. The van der Waals surface area contributed by atoms with E-state index in [4.69, 9.17) is 5.11 Å². The maximum Gasteiger partial charge on any atom is 0.308 e. The SMILES string of the molecule is CC(CN(C(=O)C1CC1)C1CCCCCC1)C(=O)O. The van der Waals surface area contributed by atoms with Crippen LogP contribution >= 0.6 is 0 Å². The summed E-state index contributed by atoms with van der Waals surface area (Å²) >= 11 is 0. The standard InChI is InChI=1S/C15H25NO3/c1-11(15(18)19)10-16(14(17)12-8-9-12)13-6-4-2-3-5-7-13/h11-13H,2-10H2,1H3,(H,18,19). The predicted octanol–water partition coefficient (Wildman–Crippen LogP) is 2.67. The van der Waals surface area contributed by atoms with Crippen molar-refractivity contribution in [2.75, 3.05) is 6.54 Å². The lowest BCUT2D eigenvalue weighted by Gasteiger charge is -2.32. The number of amides is 1. The molecular formula is C15H25NO3. The minimum atomic E-state index is -0.804. The van der Waals surface area contributed by atoms with Gasteiger partial charge in [0.1, 0.15) is 0 Å². The Morgan fingerprint density at radius 2 is 1.68 bits per heavy atom. The fourth-order valence-corrected chi connectivity index (χ4v) is 2.93. The fraction of sp³-hybridized carbons (Fsp3) is 0.867. The Kier molecular flexibility index (Phi) is 4.83. The maximum absolute atomic E-state index is 12.4. The molecule has 4 heteroatoms. The third-order valence-corrected chi connectivity index (χ3v) is 4.37. The maximum atomic E-state index is 12.4. The van der Waals surface area contributed by atoms with Crippen molar-refractivity contribution in [1.82, 2.24) is 4.90 Å². The number of hydrogen-bond acceptors (Lipinski definition) is 2. The summed E-state index contributed by atoms with van der Waals surface area (Å²) in [6.07, 6.45) is 8.90. The first-order valence-electron chi connectivity index (χ1n) is 7.63. The molecule has 0 heterocycles. The van der Waals surface area contributed by atoms with Crippen molar-refractivity contribution >= 4 is 11.9 Å². The number of carbonyl (C=O) groups excluding carboxylic acids is 1. The van der Waals surface area contributed by atoms with Gasteiger partial charge < -0.3 is 10.0 Å². The van der Waals surface area contributed by atoms with Crippen LogP contribution in [0.5, 0.6) is 0 Å². The second-order valence-electron chi connectivity index (χ2n) is 6.15. The lowest BCUT2D eigenvalue weighted by Crippen LogP contribution is -2.44. The van der Waals surface area contributed by atoms with Gasteiger partial charge in [0.05, 0.1) is 5.92 Å². The Morgan fingerprint density at radius 3 is 2.16 bits per heavy atom. The number of nitrogens with zero attached hydrogens (tertiary/aromatic N) is 1. The van der Waals surface area contributed by atoms with Crippen LogP contribution in [-0.4, -0.2) is 34.5 Å². The molecule has 0 aromatic carbocycles. The van der Waals surface area contributed by atoms with Crippen LogP contribution in [0.3, 0.4) is 0 Å². The quantitative estimate of drug-likeness (QED) is 0.779. The van der Waals surface area contributed by atoms with Gasteiger partial charge in [-0.3, -0.25) is 9.59 Å². The molecule has 0 aromatic heterocycles. The Morgan fingerprint density at radius 1 is 1.11 bits per heavy atom. The second kappa shape index (κ2) is 6.40. The van der Waals surface area contributed by atoms with Crippen molar-refractivity contribution < 1.29 is 14.7 Å². The zero-order valence-electron chi connectivity index (χ0n) is 11.8. The second-order valence-corrected chi connectivity index (χ2v) is 6.15. The molecule has 4 nitrogen and oxygen atoms in total. The Balaban J connectivity index is 2.03. The highest BCUT2D eigenvalue weighted by Crippen LogP contribution is 2.34. The topological polar surface area (TPSA) is 57.6 Å². The number of hydrogen-bond donors (Lipinski definition) is 1. The lowest BCUT2D eigenvalue weighted by molar-refractivity contribution is -0.144. The first kappa shape index (κ1) is 14.4. The molecule has 0 spiro atoms. The molecule has 2 fully saturated rings. The van der Waals surface area contributed by atoms with Gasteiger partial charge in [-0.25, -0.2) is 0 Å². The van der Waals surface area contributed by atoms with Gasteiger partial charge in [0.25, 0.3) is 0 Å². The highest BCUT2D eigenvalue weighted by Gasteiger charge is 2.37. The van der Waals surface area contributed by atoms with E-state index >= 15 is 0 Å². The van der Waals surface area contributed by atoms with E-state index in [9.17, 15) is 9.59 Å². The Labute approximate surface area is 115 Å². The van der Waals surface area contributed by atoms with Crippen LogP contribution in [0.25, 0.3) is 0 Å². The van der Waals surface area contributed by atoms with Crippen LogP contribution in [0.2, 0.25) is 0 Å². The summed E-state index contributed by atoms with van der Waals surface area (Å²) in [5.74, 6) is -0.877. The van der Waals surface area contributed by atoms with Crippen molar-refractivity contribution in [3.05, 3.63) is 0 Å². The minimum Gasteiger partial charge on any atom is -0.481 e. The summed E-state index contributed by atoms with van der Waals surface area (Å²) in [5.41, 5.74) is 0. The van der Waals surface area contributed by atoms with E-state index in [2.05, 4.69) is 0 Å². The summed E-state index contributed by atoms with van der Waals surface area (Å²) in [7, 11) is 0. The molecule has 0 bridgehead atoms. The molecule has 1 amide bonds. The third-order valence-electron chi connectivity index (χ3n) is 4.37. The van der Waals surface area contributed by atoms with Crippen LogP contribution in [-0.2, 0) is 9.59 Å². The van der Waals surface area contributed by atoms with Crippen molar-refractivity contribution in [1.29, 1.82) is 0 Å². The normalized spacial score (nSPS) is 22.6. The van der Waals surface area contributed by atoms with E-state index in [0.717, 1.165) is 25.7 Å². The molecule has 108 valence electrons. The molecule has 0 aromatic rings. The van der Waals surface area contributed by atoms with Gasteiger partial charge in [-0.15, -0.1) is 0 Å². The van der Waals surface area contributed by atoms with Gasteiger partial charge in [0, 0.05) is 18.5 Å². The molecule has 0 aliphatic heterocycles. The van der Waals surface area contributed by atoms with E-state index in [1.807, 2.05) is 4.90 Å². The molecule has 2 aliphatic rings. The number of carbonyl (C=O) groups is 2. The molecule has 0 radical (unpaired) electrons. The van der Waals surface area contributed by atoms with Gasteiger partial charge in [0.15, 0.2) is 0 Å². The van der Waals surface area contributed by atoms with Gasteiger partial charge in [-0.1, -0.05) is 32.6 Å². The summed E-state index contributed by atoms with van der Waals surface area (Å²) in [4.78, 5) is 25.4. The van der Waals surface area contributed by atoms with Gasteiger partial charge in [0.2, 0.25) is 5.91 Å². The Bertz CT molecular complexity index is 330. The van der Waals surface area contributed by atoms with Gasteiger partial charge >= 0.3 is 5.97 Å². The smallest absolute Gasteiger partial charge is 0.308 e. The molecule has 1 atom stereocenters. The molecule has 1 unspecified atom stereocenters. The number of carboxylic acids is 1. The number of carboxylic acid groups (broad SMARTS) is 1. The largest absolute Gasteiger partial charge is 0.481 e. The summed E-state index contributed by atoms with van der Waals surface area (Å²) in [5, 5.41) is 9.08. The lowest BCUT2D eigenvalue weighted by atomic mass is 10.0. The van der Waals surface area contributed by atoms with Crippen molar-refractivity contribution in [2.45, 2.75) is 64.3 Å². The molecule has 19 heavy (non-hydrogen) atoms. The van der Waals surface area contributed by atoms with Crippen molar-refractivity contribution in [2.24, 2.45) is 11.8 Å². The zero-order valence-corrected chi connectivity index (χ0v) is 11.8. The van der Waals surface area contributed by atoms with E-state index in [-0.39, 0.29) is 17.9 Å². The fourth-order valence-electron chi connectivity index (χ4n) is 2.93. The zero-order chi connectivity index (χ0) is 13.8. The third kappa shape index (κ3) is 3.95. The van der Waals surface area contributed by atoms with Gasteiger partial charge in [-0.2, -0.15) is 0 Å². The van der Waals surface area contributed by atoms with E-state index in [0.29, 0.717) is 6.54 Å². The highest BCUT2D eigenvalue weighted by molar-refractivity contribution is 5.82. The molecule has 2 saturated carbocycles. The summed E-state index contributed by atoms with van der Waals surface area (Å²) < 4.78 is 0. The van der Waals surface area contributed by atoms with Crippen molar-refractivity contribution in [3.8, 4) is 0 Å². The monoisotopic (exact) mass is 267 g/mol. The van der Waals surface area contributed by atoms with Crippen molar-refractivity contribution in [3.63, 3.8) is 0 Å². The summed E-state index contributed by atoms with van der Waals surface area (Å²) in [6, 6.07) is 0.275. The van der Waals surface area contributed by atoms with E-state index in [1.54, 1.807) is 6.92 Å². The van der Waals surface area contributed by atoms with Crippen LogP contribution in [0.1, 0.15) is 58.3 Å². The average molecular weight is 267 g/mol. The van der Waals surface area contributed by atoms with E-state index in [1.165, 1.54) is 25.7 Å². The minimum absolute atomic E-state index is 0.184. The first-order chi connectivity index (χ1) is 9.09. The molecule has 2 rings (SSSR count). The molecule has 0 saturated heterocycles. The molecular weight excluding hydrogens is 242 g/mol. The Hall–Kier alpha value is -1.06. The van der Waals surface area contributed by atoms with Crippen LogP contribution in [0.4, 0.5) is 0 Å². The summed E-state index contributed by atoms with van der Waals surface area (Å²) in [6.45, 7) is 2.08. The predicted molar refractivity (Wildman–Crippen MR) is 72.7 cm³/mol. The van der Waals surface area contributed by atoms with Crippen LogP contribution in [0.15, 0.2) is 0 Å². The van der Waals surface area contributed by atoms with E-state index < -0.39 is 11.9 Å². The van der Waals surface area contributed by atoms with Gasteiger partial charge in [-0.05, 0) is 25.7 Å². The average Bonchev–Trinajstić information content (AvgIpc) is 3.20. The first-order valence-corrected chi connectivity index (χ1v) is 7.63.